The second-order valence-electron chi connectivity index (χ2n) is 6.41. The molecule has 0 saturated heterocycles. The van der Waals surface area contributed by atoms with Gasteiger partial charge >= 0.3 is 0 Å². The third-order valence-corrected chi connectivity index (χ3v) is 6.61. The number of rotatable bonds is 5. The monoisotopic (exact) mass is 407 g/mol. The molecule has 1 aliphatic heterocycles. The molecule has 1 unspecified atom stereocenters. The maximum absolute atomic E-state index is 13.1. The Bertz CT molecular complexity index is 969. The standard InChI is InChI=1S/C19H19F2N3OS2/c1-2-14-12-8-10-26-16(12)7-9-23(14)17(25)11-24-15-6-4-3-5-13(15)22-19(24)27-18(20)21/h3-6,8,10,14,18H,2,7,9,11H2,1H3. The van der Waals surface area contributed by atoms with Crippen LogP contribution >= 0.6 is 23.1 Å². The Morgan fingerprint density at radius 2 is 2.19 bits per heavy atom. The SMILES string of the molecule is CCC1c2ccsc2CCN1C(=O)Cn1c(SC(F)F)nc2ccccc21. The second-order valence-corrected chi connectivity index (χ2v) is 8.37. The van der Waals surface area contributed by atoms with Crippen LogP contribution < -0.4 is 0 Å². The van der Waals surface area contributed by atoms with Crippen molar-refractivity contribution in [2.24, 2.45) is 0 Å². The number of carbonyl (C=O) groups excluding carboxylic acids is 1. The zero-order valence-corrected chi connectivity index (χ0v) is 16.4. The fourth-order valence-corrected chi connectivity index (χ4v) is 5.27. The van der Waals surface area contributed by atoms with Gasteiger partial charge in [0, 0.05) is 11.4 Å². The number of benzene rings is 1. The van der Waals surface area contributed by atoms with E-state index in [0.29, 0.717) is 29.3 Å². The predicted octanol–water partition coefficient (Wildman–Crippen LogP) is 4.95. The van der Waals surface area contributed by atoms with Crippen molar-refractivity contribution in [3.05, 3.63) is 46.2 Å². The molecular weight excluding hydrogens is 388 g/mol. The lowest BCUT2D eigenvalue weighted by Gasteiger charge is -2.35. The molecule has 4 rings (SSSR count). The Labute approximate surface area is 164 Å². The molecule has 3 aromatic rings. The van der Waals surface area contributed by atoms with Crippen molar-refractivity contribution < 1.29 is 13.6 Å². The second kappa shape index (κ2) is 7.59. The summed E-state index contributed by atoms with van der Waals surface area (Å²) in [5.41, 5.74) is 2.55. The Morgan fingerprint density at radius 3 is 2.96 bits per heavy atom. The number of halogens is 2. The normalized spacial score (nSPS) is 16.9. The maximum Gasteiger partial charge on any atom is 0.291 e. The zero-order valence-electron chi connectivity index (χ0n) is 14.8. The van der Waals surface area contributed by atoms with Gasteiger partial charge < -0.3 is 9.47 Å². The lowest BCUT2D eigenvalue weighted by molar-refractivity contribution is -0.134. The molecule has 1 atom stereocenters. The van der Waals surface area contributed by atoms with Crippen molar-refractivity contribution in [2.45, 2.75) is 43.3 Å². The number of alkyl halides is 2. The Morgan fingerprint density at radius 1 is 1.37 bits per heavy atom. The van der Waals surface area contributed by atoms with E-state index >= 15 is 0 Å². The Balaban J connectivity index is 1.65. The molecule has 1 aliphatic rings. The molecule has 1 amide bonds. The maximum atomic E-state index is 13.1. The highest BCUT2D eigenvalue weighted by Gasteiger charge is 2.31. The van der Waals surface area contributed by atoms with Crippen molar-refractivity contribution in [2.75, 3.05) is 6.54 Å². The molecule has 142 valence electrons. The van der Waals surface area contributed by atoms with E-state index in [1.807, 2.05) is 23.1 Å². The van der Waals surface area contributed by atoms with Gasteiger partial charge in [-0.2, -0.15) is 8.78 Å². The molecule has 8 heteroatoms. The fourth-order valence-electron chi connectivity index (χ4n) is 3.74. The molecule has 0 fully saturated rings. The van der Waals surface area contributed by atoms with Crippen LogP contribution in [0.5, 0.6) is 0 Å². The number of amides is 1. The van der Waals surface area contributed by atoms with Crippen LogP contribution in [0.3, 0.4) is 0 Å². The van der Waals surface area contributed by atoms with Gasteiger partial charge in [0.2, 0.25) is 5.91 Å². The molecule has 0 spiro atoms. The summed E-state index contributed by atoms with van der Waals surface area (Å²) < 4.78 is 27.6. The van der Waals surface area contributed by atoms with E-state index in [9.17, 15) is 13.6 Å². The van der Waals surface area contributed by atoms with Crippen LogP contribution in [-0.4, -0.2) is 32.7 Å². The molecule has 0 bridgehead atoms. The topological polar surface area (TPSA) is 38.1 Å². The number of para-hydroxylation sites is 2. The Hall–Kier alpha value is -1.93. The van der Waals surface area contributed by atoms with Crippen LogP contribution in [0.4, 0.5) is 8.78 Å². The van der Waals surface area contributed by atoms with Gasteiger partial charge in [-0.15, -0.1) is 11.3 Å². The summed E-state index contributed by atoms with van der Waals surface area (Å²) in [6.45, 7) is 2.75. The van der Waals surface area contributed by atoms with E-state index in [2.05, 4.69) is 23.4 Å². The molecule has 1 aromatic carbocycles. The number of carbonyl (C=O) groups is 1. The smallest absolute Gasteiger partial charge is 0.291 e. The first-order chi connectivity index (χ1) is 13.1. The van der Waals surface area contributed by atoms with Gasteiger partial charge in [0.15, 0.2) is 5.16 Å². The highest BCUT2D eigenvalue weighted by molar-refractivity contribution is 7.99. The lowest BCUT2D eigenvalue weighted by Crippen LogP contribution is -2.41. The van der Waals surface area contributed by atoms with Crippen molar-refractivity contribution in [3.8, 4) is 0 Å². The largest absolute Gasteiger partial charge is 0.334 e. The van der Waals surface area contributed by atoms with Crippen molar-refractivity contribution in [1.82, 2.24) is 14.5 Å². The zero-order chi connectivity index (χ0) is 19.0. The van der Waals surface area contributed by atoms with Gasteiger partial charge in [-0.1, -0.05) is 19.1 Å². The van der Waals surface area contributed by atoms with Gasteiger partial charge in [-0.05, 0) is 53.7 Å². The van der Waals surface area contributed by atoms with Gasteiger partial charge in [0.25, 0.3) is 5.76 Å². The summed E-state index contributed by atoms with van der Waals surface area (Å²) in [5.74, 6) is -2.64. The number of imidazole rings is 1. The first-order valence-electron chi connectivity index (χ1n) is 8.84. The Kier molecular flexibility index (Phi) is 5.19. The molecule has 2 aromatic heterocycles. The fraction of sp³-hybridized carbons (Fsp3) is 0.368. The van der Waals surface area contributed by atoms with Gasteiger partial charge in [-0.25, -0.2) is 4.98 Å². The minimum absolute atomic E-state index is 0.0194. The first kappa shape index (κ1) is 18.4. The van der Waals surface area contributed by atoms with Crippen LogP contribution in [-0.2, 0) is 17.8 Å². The molecule has 3 heterocycles. The summed E-state index contributed by atoms with van der Waals surface area (Å²) in [5, 5.41) is 2.25. The van der Waals surface area contributed by atoms with E-state index in [1.54, 1.807) is 22.0 Å². The minimum atomic E-state index is -2.58. The van der Waals surface area contributed by atoms with E-state index in [0.717, 1.165) is 12.8 Å². The number of thioether (sulfide) groups is 1. The predicted molar refractivity (Wildman–Crippen MR) is 104 cm³/mol. The van der Waals surface area contributed by atoms with Crippen molar-refractivity contribution in [3.63, 3.8) is 0 Å². The lowest BCUT2D eigenvalue weighted by atomic mass is 9.98. The average molecular weight is 408 g/mol. The molecule has 0 N–H and O–H groups in total. The number of hydrogen-bond acceptors (Lipinski definition) is 4. The highest BCUT2D eigenvalue weighted by Crippen LogP contribution is 2.36. The number of aromatic nitrogens is 2. The van der Waals surface area contributed by atoms with Crippen LogP contribution in [0.25, 0.3) is 11.0 Å². The van der Waals surface area contributed by atoms with Gasteiger partial charge in [0.1, 0.15) is 6.54 Å². The molecule has 4 nitrogen and oxygen atoms in total. The quantitative estimate of drug-likeness (QED) is 0.562. The van der Waals surface area contributed by atoms with Crippen LogP contribution in [0, 0.1) is 0 Å². The summed E-state index contributed by atoms with van der Waals surface area (Å²) in [6, 6.07) is 9.38. The third kappa shape index (κ3) is 3.48. The van der Waals surface area contributed by atoms with E-state index in [1.165, 1.54) is 10.4 Å². The number of nitrogens with zero attached hydrogens (tertiary/aromatic N) is 3. The van der Waals surface area contributed by atoms with Gasteiger partial charge in [0.05, 0.1) is 17.1 Å². The third-order valence-electron chi connectivity index (χ3n) is 4.91. The molecule has 0 saturated carbocycles. The molecule has 0 radical (unpaired) electrons. The van der Waals surface area contributed by atoms with Crippen LogP contribution in [0.1, 0.15) is 29.8 Å². The summed E-state index contributed by atoms with van der Waals surface area (Å²) in [4.78, 5) is 20.7. The van der Waals surface area contributed by atoms with E-state index in [4.69, 9.17) is 0 Å². The molecule has 27 heavy (non-hydrogen) atoms. The van der Waals surface area contributed by atoms with Crippen molar-refractivity contribution in [1.29, 1.82) is 0 Å². The molecule has 0 aliphatic carbocycles. The summed E-state index contributed by atoms with van der Waals surface area (Å²) in [6.07, 6.45) is 1.68. The number of fused-ring (bicyclic) bond motifs is 2. The number of hydrogen-bond donors (Lipinski definition) is 0. The average Bonchev–Trinajstić information content (AvgIpc) is 3.25. The first-order valence-corrected chi connectivity index (χ1v) is 10.6. The van der Waals surface area contributed by atoms with Crippen LogP contribution in [0.15, 0.2) is 40.9 Å². The van der Waals surface area contributed by atoms with Gasteiger partial charge in [-0.3, -0.25) is 4.79 Å². The van der Waals surface area contributed by atoms with E-state index in [-0.39, 0.29) is 23.7 Å². The van der Waals surface area contributed by atoms with E-state index < -0.39 is 5.76 Å². The summed E-state index contributed by atoms with van der Waals surface area (Å²) in [7, 11) is 0. The molecular formula is C19H19F2N3OS2. The summed E-state index contributed by atoms with van der Waals surface area (Å²) >= 11 is 2.12. The van der Waals surface area contributed by atoms with Crippen LogP contribution in [0.2, 0.25) is 0 Å². The van der Waals surface area contributed by atoms with Crippen molar-refractivity contribution >= 4 is 40.0 Å². The number of thiophene rings is 1. The minimum Gasteiger partial charge on any atom is -0.334 e. The highest BCUT2D eigenvalue weighted by atomic mass is 32.2.